The summed E-state index contributed by atoms with van der Waals surface area (Å²) in [5, 5.41) is 18.4. The number of rotatable bonds is 3. The van der Waals surface area contributed by atoms with Crippen molar-refractivity contribution in [1.82, 2.24) is 9.80 Å². The number of hydrogen-bond donors (Lipinski definition) is 2. The highest BCUT2D eigenvalue weighted by Crippen LogP contribution is 2.28. The van der Waals surface area contributed by atoms with Gasteiger partial charge in [0, 0.05) is 13.1 Å². The molecule has 2 fully saturated rings. The number of piperidine rings is 1. The average molecular weight is 286 g/mol. The molecule has 7 heteroatoms. The predicted molar refractivity (Wildman–Crippen MR) is 70.4 cm³/mol. The standard InChI is InChI=1S/C13H22N2O5/c1-12(19)3-5-14(6-4-12)11(18)15-8-13(2,9-15)20-7-10(16)17/h19H,3-9H2,1-2H3,(H,16,17). The van der Waals surface area contributed by atoms with Crippen LogP contribution in [0.2, 0.25) is 0 Å². The van der Waals surface area contributed by atoms with E-state index in [0.29, 0.717) is 39.0 Å². The third-order valence-electron chi connectivity index (χ3n) is 3.98. The molecule has 0 aromatic carbocycles. The second kappa shape index (κ2) is 5.21. The molecule has 0 atom stereocenters. The Hall–Kier alpha value is -1.34. The van der Waals surface area contributed by atoms with Crippen LogP contribution in [0.5, 0.6) is 0 Å². The van der Waals surface area contributed by atoms with Gasteiger partial charge in [-0.3, -0.25) is 0 Å². The summed E-state index contributed by atoms with van der Waals surface area (Å²) in [5.41, 5.74) is -1.24. The monoisotopic (exact) mass is 286 g/mol. The van der Waals surface area contributed by atoms with E-state index in [-0.39, 0.29) is 12.6 Å². The van der Waals surface area contributed by atoms with Crippen LogP contribution in [0.1, 0.15) is 26.7 Å². The lowest BCUT2D eigenvalue weighted by molar-refractivity contribution is -0.160. The van der Waals surface area contributed by atoms with Crippen LogP contribution in [0.25, 0.3) is 0 Å². The Bertz CT molecular complexity index is 394. The van der Waals surface area contributed by atoms with E-state index in [9.17, 15) is 14.7 Å². The zero-order chi connectivity index (χ0) is 15.0. The van der Waals surface area contributed by atoms with Crippen molar-refractivity contribution in [2.24, 2.45) is 0 Å². The Morgan fingerprint density at radius 3 is 2.20 bits per heavy atom. The van der Waals surface area contributed by atoms with Crippen LogP contribution < -0.4 is 0 Å². The van der Waals surface area contributed by atoms with Gasteiger partial charge in [0.2, 0.25) is 0 Å². The van der Waals surface area contributed by atoms with E-state index in [4.69, 9.17) is 9.84 Å². The lowest BCUT2D eigenvalue weighted by Crippen LogP contribution is -2.66. The lowest BCUT2D eigenvalue weighted by atomic mass is 9.93. The fourth-order valence-electron chi connectivity index (χ4n) is 2.60. The summed E-state index contributed by atoms with van der Waals surface area (Å²) in [7, 11) is 0. The van der Waals surface area contributed by atoms with E-state index >= 15 is 0 Å². The molecule has 2 N–H and O–H groups in total. The maximum absolute atomic E-state index is 12.2. The summed E-state index contributed by atoms with van der Waals surface area (Å²) in [4.78, 5) is 26.1. The Labute approximate surface area is 118 Å². The van der Waals surface area contributed by atoms with Crippen LogP contribution in [0.3, 0.4) is 0 Å². The van der Waals surface area contributed by atoms with Gasteiger partial charge < -0.3 is 24.7 Å². The molecule has 2 amide bonds. The first-order chi connectivity index (χ1) is 9.21. The van der Waals surface area contributed by atoms with E-state index in [1.807, 2.05) is 0 Å². The highest BCUT2D eigenvalue weighted by atomic mass is 16.5. The quantitative estimate of drug-likeness (QED) is 0.769. The van der Waals surface area contributed by atoms with Crippen molar-refractivity contribution in [2.75, 3.05) is 32.8 Å². The Morgan fingerprint density at radius 2 is 1.70 bits per heavy atom. The molecular weight excluding hydrogens is 264 g/mol. The van der Waals surface area contributed by atoms with Crippen LogP contribution in [-0.4, -0.2) is 76.0 Å². The summed E-state index contributed by atoms with van der Waals surface area (Å²) in [5.74, 6) is -1.01. The van der Waals surface area contributed by atoms with Crippen LogP contribution in [0, 0.1) is 0 Å². The van der Waals surface area contributed by atoms with Gasteiger partial charge in [-0.05, 0) is 26.7 Å². The van der Waals surface area contributed by atoms with E-state index in [2.05, 4.69) is 0 Å². The maximum Gasteiger partial charge on any atom is 0.329 e. The number of ether oxygens (including phenoxy) is 1. The maximum atomic E-state index is 12.2. The number of nitrogens with zero attached hydrogens (tertiary/aromatic N) is 2. The summed E-state index contributed by atoms with van der Waals surface area (Å²) in [6.45, 7) is 5.17. The molecule has 0 aliphatic carbocycles. The van der Waals surface area contributed by atoms with Gasteiger partial charge in [-0.1, -0.05) is 0 Å². The van der Waals surface area contributed by atoms with E-state index in [1.54, 1.807) is 23.6 Å². The number of urea groups is 1. The van der Waals surface area contributed by atoms with Gasteiger partial charge in [0.25, 0.3) is 0 Å². The van der Waals surface area contributed by atoms with Crippen molar-refractivity contribution in [2.45, 2.75) is 37.9 Å². The highest BCUT2D eigenvalue weighted by molar-refractivity contribution is 5.76. The molecule has 0 aromatic rings. The Kier molecular flexibility index (Phi) is 3.93. The van der Waals surface area contributed by atoms with Crippen molar-refractivity contribution < 1.29 is 24.5 Å². The van der Waals surface area contributed by atoms with Crippen LogP contribution in [-0.2, 0) is 9.53 Å². The Morgan fingerprint density at radius 1 is 1.15 bits per heavy atom. The van der Waals surface area contributed by atoms with Crippen LogP contribution in [0.15, 0.2) is 0 Å². The molecule has 2 saturated heterocycles. The first kappa shape index (κ1) is 15.1. The van der Waals surface area contributed by atoms with Gasteiger partial charge >= 0.3 is 12.0 Å². The number of aliphatic carboxylic acids is 1. The van der Waals surface area contributed by atoms with E-state index in [0.717, 1.165) is 0 Å². The normalized spacial score (nSPS) is 24.1. The number of likely N-dealkylation sites (tertiary alicyclic amines) is 2. The summed E-state index contributed by atoms with van der Waals surface area (Å²) in [6, 6.07) is -0.0584. The molecular formula is C13H22N2O5. The largest absolute Gasteiger partial charge is 0.480 e. The number of hydrogen-bond acceptors (Lipinski definition) is 4. The number of carbonyl (C=O) groups is 2. The van der Waals surface area contributed by atoms with E-state index in [1.165, 1.54) is 0 Å². The molecule has 0 bridgehead atoms. The molecule has 2 aliphatic heterocycles. The molecule has 20 heavy (non-hydrogen) atoms. The predicted octanol–water partition coefficient (Wildman–Crippen LogP) is 0.129. The van der Waals surface area contributed by atoms with Gasteiger partial charge in [-0.2, -0.15) is 0 Å². The minimum Gasteiger partial charge on any atom is -0.480 e. The Balaban J connectivity index is 1.78. The summed E-state index contributed by atoms with van der Waals surface area (Å²) in [6.07, 6.45) is 1.17. The summed E-state index contributed by atoms with van der Waals surface area (Å²) < 4.78 is 5.28. The van der Waals surface area contributed by atoms with Gasteiger partial charge in [0.15, 0.2) is 0 Å². The fraction of sp³-hybridized carbons (Fsp3) is 0.846. The molecule has 2 aliphatic rings. The van der Waals surface area contributed by atoms with Gasteiger partial charge in [0.1, 0.15) is 12.2 Å². The molecule has 2 heterocycles. The third kappa shape index (κ3) is 3.40. The summed E-state index contributed by atoms with van der Waals surface area (Å²) >= 11 is 0. The number of carbonyl (C=O) groups excluding carboxylic acids is 1. The number of carboxylic acid groups (broad SMARTS) is 1. The van der Waals surface area contributed by atoms with Gasteiger partial charge in [-0.25, -0.2) is 9.59 Å². The first-order valence-corrected chi connectivity index (χ1v) is 6.83. The second-order valence-corrected chi connectivity index (χ2v) is 6.25. The molecule has 0 unspecified atom stereocenters. The third-order valence-corrected chi connectivity index (χ3v) is 3.98. The minimum absolute atomic E-state index is 0.0584. The number of carboxylic acids is 1. The smallest absolute Gasteiger partial charge is 0.329 e. The van der Waals surface area contributed by atoms with Crippen LogP contribution >= 0.6 is 0 Å². The van der Waals surface area contributed by atoms with Crippen molar-refractivity contribution in [3.8, 4) is 0 Å². The first-order valence-electron chi connectivity index (χ1n) is 6.83. The zero-order valence-electron chi connectivity index (χ0n) is 12.0. The van der Waals surface area contributed by atoms with Crippen molar-refractivity contribution in [3.05, 3.63) is 0 Å². The fourth-order valence-corrected chi connectivity index (χ4v) is 2.60. The molecule has 0 spiro atoms. The molecule has 0 radical (unpaired) electrons. The van der Waals surface area contributed by atoms with Gasteiger partial charge in [0.05, 0.1) is 18.7 Å². The highest BCUT2D eigenvalue weighted by Gasteiger charge is 2.44. The van der Waals surface area contributed by atoms with Gasteiger partial charge in [-0.15, -0.1) is 0 Å². The number of amides is 2. The van der Waals surface area contributed by atoms with Crippen molar-refractivity contribution in [1.29, 1.82) is 0 Å². The molecule has 0 aromatic heterocycles. The molecule has 7 nitrogen and oxygen atoms in total. The number of aliphatic hydroxyl groups is 1. The topological polar surface area (TPSA) is 90.3 Å². The second-order valence-electron chi connectivity index (χ2n) is 6.25. The zero-order valence-corrected chi connectivity index (χ0v) is 12.0. The van der Waals surface area contributed by atoms with Crippen molar-refractivity contribution >= 4 is 12.0 Å². The lowest BCUT2D eigenvalue weighted by Gasteiger charge is -2.49. The molecule has 2 rings (SSSR count). The molecule has 0 saturated carbocycles. The van der Waals surface area contributed by atoms with Crippen LogP contribution in [0.4, 0.5) is 4.79 Å². The minimum atomic E-state index is -1.01. The molecule has 114 valence electrons. The van der Waals surface area contributed by atoms with Crippen molar-refractivity contribution in [3.63, 3.8) is 0 Å². The van der Waals surface area contributed by atoms with E-state index < -0.39 is 17.2 Å². The average Bonchev–Trinajstić information content (AvgIpc) is 2.32. The SMILES string of the molecule is CC1(O)CCN(C(=O)N2CC(C)(OCC(=O)O)C2)CC1.